The van der Waals surface area contributed by atoms with Crippen LogP contribution in [0.2, 0.25) is 0 Å². The van der Waals surface area contributed by atoms with Gasteiger partial charge in [0.25, 0.3) is 0 Å². The Morgan fingerprint density at radius 2 is 1.36 bits per heavy atom. The average molecular weight is 221 g/mol. The van der Waals surface area contributed by atoms with E-state index in [0.29, 0.717) is 0 Å². The third-order valence-electron chi connectivity index (χ3n) is 2.31. The zero-order valence-electron chi connectivity index (χ0n) is 9.56. The highest BCUT2D eigenvalue weighted by Crippen LogP contribution is 2.02. The lowest BCUT2D eigenvalue weighted by Crippen LogP contribution is -1.97. The van der Waals surface area contributed by atoms with Crippen LogP contribution in [0.15, 0.2) is 0 Å². The van der Waals surface area contributed by atoms with Gasteiger partial charge in [-0.2, -0.15) is 0 Å². The molecule has 0 aromatic rings. The zero-order valence-corrected chi connectivity index (χ0v) is 10.3. The van der Waals surface area contributed by atoms with E-state index in [2.05, 4.69) is 6.92 Å². The first-order valence-corrected chi connectivity index (χ1v) is 6.59. The monoisotopic (exact) mass is 220 g/mol. The van der Waals surface area contributed by atoms with Gasteiger partial charge in [0.2, 0.25) is 0 Å². The van der Waals surface area contributed by atoms with Gasteiger partial charge in [0.05, 0.1) is 0 Å². The molecule has 86 valence electrons. The summed E-state index contributed by atoms with van der Waals surface area (Å²) in [7, 11) is 0. The van der Waals surface area contributed by atoms with E-state index in [-0.39, 0.29) is 0 Å². The Bertz CT molecular complexity index is 84.3. The lowest BCUT2D eigenvalue weighted by atomic mass is 10.2. The molecule has 0 aliphatic heterocycles. The molecule has 0 aromatic heterocycles. The topological polar surface area (TPSA) is 9.23 Å². The fourth-order valence-corrected chi connectivity index (χ4v) is 1.57. The number of rotatable bonds is 11. The molecule has 0 unspecified atom stereocenters. The molecule has 0 saturated carbocycles. The van der Waals surface area contributed by atoms with E-state index in [9.17, 15) is 0 Å². The van der Waals surface area contributed by atoms with Crippen molar-refractivity contribution >= 4 is 11.6 Å². The SMILES string of the molecule is CCCCCCOCCCCCCCl. The number of ether oxygens (including phenoxy) is 1. The van der Waals surface area contributed by atoms with E-state index in [1.807, 2.05) is 0 Å². The van der Waals surface area contributed by atoms with Gasteiger partial charge < -0.3 is 4.74 Å². The summed E-state index contributed by atoms with van der Waals surface area (Å²) in [5, 5.41) is 0. The van der Waals surface area contributed by atoms with Crippen LogP contribution in [-0.4, -0.2) is 19.1 Å². The van der Waals surface area contributed by atoms with E-state index in [0.717, 1.165) is 25.5 Å². The average Bonchev–Trinajstić information content (AvgIpc) is 2.21. The van der Waals surface area contributed by atoms with Crippen LogP contribution in [0.25, 0.3) is 0 Å². The highest BCUT2D eigenvalue weighted by Gasteiger charge is 1.91. The van der Waals surface area contributed by atoms with Crippen molar-refractivity contribution in [1.29, 1.82) is 0 Å². The molecule has 0 bridgehead atoms. The minimum atomic E-state index is 0.803. The van der Waals surface area contributed by atoms with Crippen molar-refractivity contribution in [2.45, 2.75) is 58.3 Å². The minimum absolute atomic E-state index is 0.803. The van der Waals surface area contributed by atoms with Crippen LogP contribution in [0.5, 0.6) is 0 Å². The van der Waals surface area contributed by atoms with Crippen LogP contribution >= 0.6 is 11.6 Å². The van der Waals surface area contributed by atoms with Crippen molar-refractivity contribution in [2.24, 2.45) is 0 Å². The lowest BCUT2D eigenvalue weighted by Gasteiger charge is -2.03. The molecule has 0 spiro atoms. The van der Waals surface area contributed by atoms with Crippen molar-refractivity contribution < 1.29 is 4.74 Å². The number of alkyl halides is 1. The summed E-state index contributed by atoms with van der Waals surface area (Å²) >= 11 is 5.58. The molecule has 0 aromatic carbocycles. The number of unbranched alkanes of at least 4 members (excludes halogenated alkanes) is 6. The molecule has 0 amide bonds. The number of hydrogen-bond acceptors (Lipinski definition) is 1. The normalized spacial score (nSPS) is 10.7. The summed E-state index contributed by atoms with van der Waals surface area (Å²) in [6.45, 7) is 4.13. The van der Waals surface area contributed by atoms with Crippen molar-refractivity contribution in [3.63, 3.8) is 0 Å². The predicted octanol–water partition coefficient (Wildman–Crippen LogP) is 4.38. The Morgan fingerprint density at radius 1 is 0.786 bits per heavy atom. The summed E-state index contributed by atoms with van der Waals surface area (Å²) in [5.41, 5.74) is 0. The Morgan fingerprint density at radius 3 is 1.93 bits per heavy atom. The first kappa shape index (κ1) is 14.2. The standard InChI is InChI=1S/C12H25ClO/c1-2-3-4-8-11-14-12-9-6-5-7-10-13/h2-12H2,1H3. The maximum absolute atomic E-state index is 5.58. The fourth-order valence-electron chi connectivity index (χ4n) is 1.39. The van der Waals surface area contributed by atoms with Crippen LogP contribution in [0, 0.1) is 0 Å². The van der Waals surface area contributed by atoms with Crippen LogP contribution in [-0.2, 0) is 4.74 Å². The first-order valence-electron chi connectivity index (χ1n) is 6.05. The molecule has 14 heavy (non-hydrogen) atoms. The van der Waals surface area contributed by atoms with Crippen molar-refractivity contribution in [1.82, 2.24) is 0 Å². The molecular formula is C12H25ClO. The van der Waals surface area contributed by atoms with Gasteiger partial charge in [-0.15, -0.1) is 11.6 Å². The minimum Gasteiger partial charge on any atom is -0.381 e. The molecule has 0 aliphatic rings. The van der Waals surface area contributed by atoms with E-state index in [1.165, 1.54) is 44.9 Å². The third kappa shape index (κ3) is 12.2. The van der Waals surface area contributed by atoms with Crippen molar-refractivity contribution in [3.05, 3.63) is 0 Å². The Labute approximate surface area is 94.2 Å². The molecule has 0 aliphatic carbocycles. The van der Waals surface area contributed by atoms with Gasteiger partial charge in [-0.1, -0.05) is 39.0 Å². The Hall–Kier alpha value is 0.250. The largest absolute Gasteiger partial charge is 0.381 e. The lowest BCUT2D eigenvalue weighted by molar-refractivity contribution is 0.126. The molecule has 0 atom stereocenters. The molecule has 2 heteroatoms. The van der Waals surface area contributed by atoms with Gasteiger partial charge >= 0.3 is 0 Å². The van der Waals surface area contributed by atoms with Gasteiger partial charge in [-0.25, -0.2) is 0 Å². The number of hydrogen-bond donors (Lipinski definition) is 0. The van der Waals surface area contributed by atoms with E-state index in [4.69, 9.17) is 16.3 Å². The second kappa shape index (κ2) is 13.2. The van der Waals surface area contributed by atoms with Crippen LogP contribution in [0.4, 0.5) is 0 Å². The Kier molecular flexibility index (Phi) is 13.5. The first-order chi connectivity index (χ1) is 6.91. The van der Waals surface area contributed by atoms with E-state index in [1.54, 1.807) is 0 Å². The quantitative estimate of drug-likeness (QED) is 0.371. The van der Waals surface area contributed by atoms with Crippen LogP contribution in [0.1, 0.15) is 58.3 Å². The number of halogens is 1. The predicted molar refractivity (Wildman–Crippen MR) is 64.1 cm³/mol. The van der Waals surface area contributed by atoms with Crippen LogP contribution < -0.4 is 0 Å². The maximum atomic E-state index is 5.58. The molecule has 0 radical (unpaired) electrons. The second-order valence-electron chi connectivity index (χ2n) is 3.78. The van der Waals surface area contributed by atoms with E-state index < -0.39 is 0 Å². The summed E-state index contributed by atoms with van der Waals surface area (Å²) in [4.78, 5) is 0. The summed E-state index contributed by atoms with van der Waals surface area (Å²) < 4.78 is 5.53. The molecule has 0 N–H and O–H groups in total. The summed E-state index contributed by atoms with van der Waals surface area (Å²) in [6.07, 6.45) is 10.1. The Balaban J connectivity index is 2.78. The molecule has 0 fully saturated rings. The maximum Gasteiger partial charge on any atom is 0.0466 e. The zero-order chi connectivity index (χ0) is 10.5. The van der Waals surface area contributed by atoms with Gasteiger partial charge in [0, 0.05) is 19.1 Å². The summed E-state index contributed by atoms with van der Waals surface area (Å²) in [5.74, 6) is 0.803. The van der Waals surface area contributed by atoms with Gasteiger partial charge in [0.15, 0.2) is 0 Å². The smallest absolute Gasteiger partial charge is 0.0466 e. The van der Waals surface area contributed by atoms with Gasteiger partial charge in [0.1, 0.15) is 0 Å². The van der Waals surface area contributed by atoms with Gasteiger partial charge in [-0.3, -0.25) is 0 Å². The molecule has 0 heterocycles. The molecule has 0 rings (SSSR count). The highest BCUT2D eigenvalue weighted by atomic mass is 35.5. The summed E-state index contributed by atoms with van der Waals surface area (Å²) in [6, 6.07) is 0. The third-order valence-corrected chi connectivity index (χ3v) is 2.58. The molecule has 0 saturated heterocycles. The fraction of sp³-hybridized carbons (Fsp3) is 1.00. The molecular weight excluding hydrogens is 196 g/mol. The van der Waals surface area contributed by atoms with Crippen molar-refractivity contribution in [3.8, 4) is 0 Å². The van der Waals surface area contributed by atoms with Crippen LogP contribution in [0.3, 0.4) is 0 Å². The second-order valence-corrected chi connectivity index (χ2v) is 4.15. The van der Waals surface area contributed by atoms with Crippen molar-refractivity contribution in [2.75, 3.05) is 19.1 Å². The van der Waals surface area contributed by atoms with Gasteiger partial charge in [-0.05, 0) is 19.3 Å². The van der Waals surface area contributed by atoms with E-state index >= 15 is 0 Å². The molecule has 1 nitrogen and oxygen atoms in total. The highest BCUT2D eigenvalue weighted by molar-refractivity contribution is 6.17.